The summed E-state index contributed by atoms with van der Waals surface area (Å²) in [5.41, 5.74) is -3.06. The standard InChI is InChI=1S/C27H24BrClF2N2O5/c1-33(13-19(30)31)25(35)20-21(14-6-4-3-5-7-14)27(15-8-10-16(28)11-9-15)26(36,23(20)34)22-17(38-27)12-18(29)32-24(22)37-2/h3-12,19-21,23,34,36H,13H2,1-2H3. The van der Waals surface area contributed by atoms with Crippen LogP contribution in [0.15, 0.2) is 65.1 Å². The number of benzene rings is 2. The van der Waals surface area contributed by atoms with Crippen LogP contribution in [0, 0.1) is 5.92 Å². The fraction of sp³-hybridized carbons (Fsp3) is 0.333. The molecule has 38 heavy (non-hydrogen) atoms. The first-order valence-corrected chi connectivity index (χ1v) is 12.9. The van der Waals surface area contributed by atoms with Gasteiger partial charge in [0.25, 0.3) is 6.43 Å². The summed E-state index contributed by atoms with van der Waals surface area (Å²) in [6.07, 6.45) is -4.59. The molecule has 11 heteroatoms. The molecule has 200 valence electrons. The van der Waals surface area contributed by atoms with Gasteiger partial charge in [-0.25, -0.2) is 13.8 Å². The van der Waals surface area contributed by atoms with E-state index in [9.17, 15) is 23.8 Å². The van der Waals surface area contributed by atoms with Gasteiger partial charge in [0.15, 0.2) is 11.2 Å². The van der Waals surface area contributed by atoms with Gasteiger partial charge in [0, 0.05) is 23.5 Å². The third-order valence-corrected chi connectivity index (χ3v) is 8.12. The van der Waals surface area contributed by atoms with Crippen molar-refractivity contribution in [2.45, 2.75) is 29.6 Å². The average Bonchev–Trinajstić information content (AvgIpc) is 3.26. The van der Waals surface area contributed by atoms with Gasteiger partial charge in [-0.15, -0.1) is 0 Å². The quantitative estimate of drug-likeness (QED) is 0.401. The lowest BCUT2D eigenvalue weighted by molar-refractivity contribution is -0.157. The van der Waals surface area contributed by atoms with Crippen LogP contribution < -0.4 is 9.47 Å². The normalized spacial score (nSPS) is 27.6. The van der Waals surface area contributed by atoms with Gasteiger partial charge in [-0.3, -0.25) is 4.79 Å². The highest BCUT2D eigenvalue weighted by atomic mass is 79.9. The highest BCUT2D eigenvalue weighted by Crippen LogP contribution is 2.70. The fourth-order valence-corrected chi connectivity index (χ4v) is 6.38. The summed E-state index contributed by atoms with van der Waals surface area (Å²) in [6.45, 7) is -0.842. The number of hydrogen-bond acceptors (Lipinski definition) is 6. The third kappa shape index (κ3) is 3.80. The Morgan fingerprint density at radius 3 is 2.50 bits per heavy atom. The van der Waals surface area contributed by atoms with Gasteiger partial charge in [-0.2, -0.15) is 0 Å². The predicted octanol–water partition coefficient (Wildman–Crippen LogP) is 4.48. The van der Waals surface area contributed by atoms with E-state index in [0.717, 1.165) is 9.37 Å². The molecule has 1 aliphatic heterocycles. The van der Waals surface area contributed by atoms with E-state index in [4.69, 9.17) is 21.1 Å². The van der Waals surface area contributed by atoms with Gasteiger partial charge in [-0.1, -0.05) is 70.0 Å². The molecular weight excluding hydrogens is 586 g/mol. The Kier molecular flexibility index (Phi) is 6.88. The van der Waals surface area contributed by atoms with Crippen molar-refractivity contribution in [2.24, 2.45) is 5.92 Å². The Morgan fingerprint density at radius 1 is 1.24 bits per heavy atom. The maximum Gasteiger partial charge on any atom is 0.255 e. The van der Waals surface area contributed by atoms with Crippen LogP contribution in [0.3, 0.4) is 0 Å². The van der Waals surface area contributed by atoms with Gasteiger partial charge in [-0.05, 0) is 23.3 Å². The van der Waals surface area contributed by atoms with Crippen LogP contribution in [-0.2, 0) is 16.0 Å². The Labute approximate surface area is 231 Å². The number of amides is 1. The van der Waals surface area contributed by atoms with Crippen LogP contribution in [-0.4, -0.2) is 59.2 Å². The summed E-state index contributed by atoms with van der Waals surface area (Å²) in [4.78, 5) is 18.8. The summed E-state index contributed by atoms with van der Waals surface area (Å²) in [7, 11) is 2.57. The minimum absolute atomic E-state index is 0.0209. The van der Waals surface area contributed by atoms with E-state index in [1.165, 1.54) is 20.2 Å². The van der Waals surface area contributed by atoms with E-state index < -0.39 is 48.0 Å². The van der Waals surface area contributed by atoms with Crippen LogP contribution in [0.1, 0.15) is 22.6 Å². The number of hydrogen-bond donors (Lipinski definition) is 2. The van der Waals surface area contributed by atoms with Crippen molar-refractivity contribution >= 4 is 33.4 Å². The van der Waals surface area contributed by atoms with Crippen molar-refractivity contribution in [3.8, 4) is 11.6 Å². The molecule has 1 aliphatic carbocycles. The Bertz CT molecular complexity index is 1370. The van der Waals surface area contributed by atoms with Crippen LogP contribution in [0.25, 0.3) is 0 Å². The smallest absolute Gasteiger partial charge is 0.255 e. The largest absolute Gasteiger partial charge is 0.481 e. The maximum absolute atomic E-state index is 13.8. The van der Waals surface area contributed by atoms with Crippen molar-refractivity contribution in [2.75, 3.05) is 20.7 Å². The number of aliphatic hydroxyl groups excluding tert-OH is 1. The van der Waals surface area contributed by atoms with E-state index in [1.54, 1.807) is 54.6 Å². The summed E-state index contributed by atoms with van der Waals surface area (Å²) in [5.74, 6) is -3.12. The van der Waals surface area contributed by atoms with Gasteiger partial charge >= 0.3 is 0 Å². The molecule has 3 aromatic rings. The topological polar surface area (TPSA) is 92.1 Å². The van der Waals surface area contributed by atoms with E-state index in [-0.39, 0.29) is 22.3 Å². The minimum Gasteiger partial charge on any atom is -0.481 e. The lowest BCUT2D eigenvalue weighted by Crippen LogP contribution is -2.52. The molecule has 1 saturated carbocycles. The maximum atomic E-state index is 13.8. The molecule has 0 radical (unpaired) electrons. The number of aliphatic hydroxyl groups is 2. The number of fused-ring (bicyclic) bond motifs is 3. The second-order valence-electron chi connectivity index (χ2n) is 9.41. The molecule has 0 bridgehead atoms. The number of methoxy groups -OCH3 is 1. The third-order valence-electron chi connectivity index (χ3n) is 7.40. The molecule has 1 fully saturated rings. The molecule has 1 amide bonds. The van der Waals surface area contributed by atoms with Crippen LogP contribution in [0.5, 0.6) is 11.6 Å². The van der Waals surface area contributed by atoms with Crippen molar-refractivity contribution in [3.63, 3.8) is 0 Å². The summed E-state index contributed by atoms with van der Waals surface area (Å²) in [5, 5.41) is 24.6. The Morgan fingerprint density at radius 2 is 1.89 bits per heavy atom. The number of carbonyl (C=O) groups is 1. The molecule has 5 unspecified atom stereocenters. The van der Waals surface area contributed by atoms with E-state index in [0.29, 0.717) is 11.1 Å². The van der Waals surface area contributed by atoms with Gasteiger partial charge in [0.2, 0.25) is 11.8 Å². The monoisotopic (exact) mass is 608 g/mol. The molecule has 0 spiro atoms. The number of carbonyl (C=O) groups excluding carboxylic acids is 1. The van der Waals surface area contributed by atoms with Crippen molar-refractivity contribution in [1.29, 1.82) is 0 Å². The van der Waals surface area contributed by atoms with E-state index in [1.807, 2.05) is 0 Å². The Balaban J connectivity index is 1.84. The highest BCUT2D eigenvalue weighted by molar-refractivity contribution is 9.10. The Hall–Kier alpha value is -2.79. The van der Waals surface area contributed by atoms with Crippen molar-refractivity contribution in [1.82, 2.24) is 9.88 Å². The molecule has 2 N–H and O–H groups in total. The molecule has 7 nitrogen and oxygen atoms in total. The second-order valence-corrected chi connectivity index (χ2v) is 10.7. The summed E-state index contributed by atoms with van der Waals surface area (Å²) in [6, 6.07) is 17.1. The lowest BCUT2D eigenvalue weighted by Gasteiger charge is -2.40. The zero-order chi connectivity index (χ0) is 27.4. The molecule has 5 atom stereocenters. The molecule has 2 aliphatic rings. The molecule has 5 rings (SSSR count). The number of rotatable bonds is 6. The van der Waals surface area contributed by atoms with E-state index >= 15 is 0 Å². The molecular formula is C27H24BrClF2N2O5. The number of pyridine rings is 1. The van der Waals surface area contributed by atoms with Crippen LogP contribution >= 0.6 is 27.5 Å². The fourth-order valence-electron chi connectivity index (χ4n) is 5.94. The average molecular weight is 610 g/mol. The number of nitrogens with zero attached hydrogens (tertiary/aromatic N) is 2. The molecule has 1 aromatic heterocycles. The summed E-state index contributed by atoms with van der Waals surface area (Å²) >= 11 is 9.64. The number of ether oxygens (including phenoxy) is 2. The van der Waals surface area contributed by atoms with Crippen molar-refractivity contribution < 1.29 is 33.3 Å². The first-order chi connectivity index (χ1) is 18.1. The molecule has 2 heterocycles. The van der Waals surface area contributed by atoms with Crippen molar-refractivity contribution in [3.05, 3.63) is 87.0 Å². The zero-order valence-corrected chi connectivity index (χ0v) is 22.7. The minimum atomic E-state index is -2.79. The lowest BCUT2D eigenvalue weighted by atomic mass is 9.70. The van der Waals surface area contributed by atoms with Gasteiger partial charge < -0.3 is 24.6 Å². The van der Waals surface area contributed by atoms with Crippen LogP contribution in [0.2, 0.25) is 5.15 Å². The SMILES string of the molecule is COc1nc(Cl)cc2c1C1(O)C(O)C(C(=O)N(C)CC(F)F)C(c3ccccc3)C1(c1ccc(Br)cc1)O2. The van der Waals surface area contributed by atoms with Crippen LogP contribution in [0.4, 0.5) is 8.78 Å². The highest BCUT2D eigenvalue weighted by Gasteiger charge is 2.78. The van der Waals surface area contributed by atoms with E-state index in [2.05, 4.69) is 20.9 Å². The first-order valence-electron chi connectivity index (χ1n) is 11.7. The van der Waals surface area contributed by atoms with Gasteiger partial charge in [0.05, 0.1) is 25.1 Å². The number of alkyl halides is 2. The first kappa shape index (κ1) is 26.8. The molecule has 0 saturated heterocycles. The summed E-state index contributed by atoms with van der Waals surface area (Å²) < 4.78 is 39.4. The predicted molar refractivity (Wildman–Crippen MR) is 138 cm³/mol. The number of aromatic nitrogens is 1. The molecule has 2 aromatic carbocycles. The number of halogens is 4. The van der Waals surface area contributed by atoms with Gasteiger partial charge in [0.1, 0.15) is 17.0 Å². The second kappa shape index (κ2) is 9.75. The zero-order valence-electron chi connectivity index (χ0n) is 20.3.